The Bertz CT molecular complexity index is 1090. The summed E-state index contributed by atoms with van der Waals surface area (Å²) in [5.41, 5.74) is 3.94. The maximum absolute atomic E-state index is 12.3. The Balaban J connectivity index is 1.59. The number of urea groups is 1. The van der Waals surface area contributed by atoms with E-state index < -0.39 is 0 Å². The third-order valence-electron chi connectivity index (χ3n) is 4.33. The minimum absolute atomic E-state index is 0.289. The van der Waals surface area contributed by atoms with Crippen molar-refractivity contribution in [3.05, 3.63) is 78.4 Å². The molecule has 1 heterocycles. The summed E-state index contributed by atoms with van der Waals surface area (Å²) in [7, 11) is 1.62. The zero-order valence-corrected chi connectivity index (χ0v) is 16.1. The topological polar surface area (TPSA) is 63.2 Å². The molecule has 3 aromatic carbocycles. The van der Waals surface area contributed by atoms with Crippen LogP contribution in [0.5, 0.6) is 5.75 Å². The van der Waals surface area contributed by atoms with E-state index in [0.29, 0.717) is 17.4 Å². The number of amides is 2. The molecule has 140 valence electrons. The van der Waals surface area contributed by atoms with Gasteiger partial charge in [-0.2, -0.15) is 0 Å². The summed E-state index contributed by atoms with van der Waals surface area (Å²) in [6.45, 7) is 0.455. The molecule has 0 unspecified atom stereocenters. The number of carbonyl (C=O) groups excluding carboxylic acids is 1. The van der Waals surface area contributed by atoms with Gasteiger partial charge in [-0.1, -0.05) is 72.0 Å². The third kappa shape index (κ3) is 3.82. The molecule has 0 fully saturated rings. The monoisotopic (exact) mass is 389 g/mol. The second kappa shape index (κ2) is 8.10. The number of ether oxygens (including phenoxy) is 1. The Hall–Kier alpha value is -3.38. The number of nitrogens with zero attached hydrogens (tertiary/aromatic N) is 1. The van der Waals surface area contributed by atoms with E-state index in [1.807, 2.05) is 60.7 Å². The molecule has 2 N–H and O–H groups in total. The summed E-state index contributed by atoms with van der Waals surface area (Å²) in [6.07, 6.45) is 0. The zero-order chi connectivity index (χ0) is 19.3. The second-order valence-corrected chi connectivity index (χ2v) is 7.17. The molecule has 4 aromatic rings. The van der Waals surface area contributed by atoms with E-state index in [9.17, 15) is 4.79 Å². The highest BCUT2D eigenvalue weighted by Gasteiger charge is 2.15. The predicted molar refractivity (Wildman–Crippen MR) is 114 cm³/mol. The molecule has 2 amide bonds. The molecule has 1 aromatic heterocycles. The first-order valence-corrected chi connectivity index (χ1v) is 9.68. The number of hydrogen-bond acceptors (Lipinski definition) is 4. The summed E-state index contributed by atoms with van der Waals surface area (Å²) in [4.78, 5) is 16.9. The molecular weight excluding hydrogens is 370 g/mol. The molecule has 0 spiro atoms. The fourth-order valence-corrected chi connectivity index (χ4v) is 3.98. The average Bonchev–Trinajstić information content (AvgIpc) is 3.16. The quantitative estimate of drug-likeness (QED) is 0.487. The Morgan fingerprint density at radius 3 is 2.43 bits per heavy atom. The van der Waals surface area contributed by atoms with Crippen molar-refractivity contribution in [1.82, 2.24) is 10.3 Å². The second-order valence-electron chi connectivity index (χ2n) is 6.17. The highest BCUT2D eigenvalue weighted by Crippen LogP contribution is 2.39. The number of aromatic nitrogens is 1. The van der Waals surface area contributed by atoms with Crippen molar-refractivity contribution in [3.63, 3.8) is 0 Å². The highest BCUT2D eigenvalue weighted by atomic mass is 32.1. The van der Waals surface area contributed by atoms with Crippen LogP contribution >= 0.6 is 11.3 Å². The van der Waals surface area contributed by atoms with Gasteiger partial charge in [0.15, 0.2) is 5.13 Å². The number of nitrogens with one attached hydrogen (secondary N) is 2. The van der Waals surface area contributed by atoms with Crippen molar-refractivity contribution < 1.29 is 9.53 Å². The van der Waals surface area contributed by atoms with Crippen LogP contribution in [0, 0.1) is 0 Å². The van der Waals surface area contributed by atoms with Crippen LogP contribution in [0.1, 0.15) is 5.56 Å². The van der Waals surface area contributed by atoms with Crippen molar-refractivity contribution in [1.29, 1.82) is 0 Å². The number of hydrogen-bond donors (Lipinski definition) is 2. The maximum Gasteiger partial charge on any atom is 0.321 e. The Morgan fingerprint density at radius 2 is 1.71 bits per heavy atom. The molecule has 28 heavy (non-hydrogen) atoms. The summed E-state index contributed by atoms with van der Waals surface area (Å²) >= 11 is 1.44. The van der Waals surface area contributed by atoms with Crippen LogP contribution in [0.15, 0.2) is 72.8 Å². The van der Waals surface area contributed by atoms with Gasteiger partial charge >= 0.3 is 6.03 Å². The zero-order valence-electron chi connectivity index (χ0n) is 15.3. The number of rotatable bonds is 5. The van der Waals surface area contributed by atoms with E-state index in [0.717, 1.165) is 26.9 Å². The molecule has 5 nitrogen and oxygen atoms in total. The fraction of sp³-hybridized carbons (Fsp3) is 0.0909. The van der Waals surface area contributed by atoms with Crippen molar-refractivity contribution in [2.75, 3.05) is 12.4 Å². The van der Waals surface area contributed by atoms with Gasteiger partial charge < -0.3 is 10.1 Å². The fourth-order valence-electron chi connectivity index (χ4n) is 2.97. The lowest BCUT2D eigenvalue weighted by Crippen LogP contribution is -2.28. The van der Waals surface area contributed by atoms with Gasteiger partial charge in [-0.15, -0.1) is 0 Å². The van der Waals surface area contributed by atoms with Crippen LogP contribution in [0.3, 0.4) is 0 Å². The minimum Gasteiger partial charge on any atom is -0.494 e. The minimum atomic E-state index is -0.289. The summed E-state index contributed by atoms with van der Waals surface area (Å²) in [5.74, 6) is 0.684. The predicted octanol–water partition coefficient (Wildman–Crippen LogP) is 5.29. The first-order valence-electron chi connectivity index (χ1n) is 8.86. The van der Waals surface area contributed by atoms with Gasteiger partial charge in [-0.3, -0.25) is 5.32 Å². The van der Waals surface area contributed by atoms with Crippen molar-refractivity contribution >= 4 is 32.7 Å². The molecule has 6 heteroatoms. The Labute approximate surface area is 167 Å². The number of carbonyl (C=O) groups is 1. The van der Waals surface area contributed by atoms with E-state index in [1.165, 1.54) is 11.3 Å². The molecule has 0 saturated carbocycles. The van der Waals surface area contributed by atoms with E-state index in [1.54, 1.807) is 7.11 Å². The molecule has 0 aliphatic carbocycles. The third-order valence-corrected chi connectivity index (χ3v) is 5.33. The van der Waals surface area contributed by atoms with Crippen molar-refractivity contribution in [2.45, 2.75) is 6.54 Å². The molecule has 0 radical (unpaired) electrons. The van der Waals surface area contributed by atoms with Crippen LogP contribution in [-0.2, 0) is 6.54 Å². The molecule has 0 aliphatic rings. The number of benzene rings is 3. The highest BCUT2D eigenvalue weighted by molar-refractivity contribution is 7.23. The Morgan fingerprint density at radius 1 is 1.00 bits per heavy atom. The summed E-state index contributed by atoms with van der Waals surface area (Å²) < 4.78 is 6.43. The van der Waals surface area contributed by atoms with Crippen LogP contribution in [-0.4, -0.2) is 18.1 Å². The van der Waals surface area contributed by atoms with Gasteiger partial charge in [-0.25, -0.2) is 9.78 Å². The number of anilines is 1. The van der Waals surface area contributed by atoms with Crippen molar-refractivity contribution in [3.8, 4) is 16.9 Å². The molecule has 0 atom stereocenters. The van der Waals surface area contributed by atoms with Gasteiger partial charge in [0, 0.05) is 12.1 Å². The number of thiazole rings is 1. The van der Waals surface area contributed by atoms with Crippen LogP contribution in [0.2, 0.25) is 0 Å². The number of methoxy groups -OCH3 is 1. The maximum atomic E-state index is 12.3. The lowest BCUT2D eigenvalue weighted by atomic mass is 10.1. The smallest absolute Gasteiger partial charge is 0.321 e. The lowest BCUT2D eigenvalue weighted by molar-refractivity contribution is 0.251. The molecule has 0 aliphatic heterocycles. The molecule has 4 rings (SSSR count). The molecular formula is C22H19N3O2S. The largest absolute Gasteiger partial charge is 0.494 e. The van der Waals surface area contributed by atoms with Gasteiger partial charge in [0.05, 0.1) is 11.8 Å². The van der Waals surface area contributed by atoms with Gasteiger partial charge in [0.1, 0.15) is 11.3 Å². The van der Waals surface area contributed by atoms with Gasteiger partial charge in [0.25, 0.3) is 0 Å². The van der Waals surface area contributed by atoms with E-state index >= 15 is 0 Å². The number of fused-ring (bicyclic) bond motifs is 1. The van der Waals surface area contributed by atoms with E-state index in [-0.39, 0.29) is 6.03 Å². The lowest BCUT2D eigenvalue weighted by Gasteiger charge is -2.05. The SMILES string of the molecule is COc1ccc(-c2ccccc2)c2sc(NC(=O)NCc3ccccc3)nc12. The summed E-state index contributed by atoms with van der Waals surface area (Å²) in [5, 5.41) is 6.22. The van der Waals surface area contributed by atoms with Crippen LogP contribution in [0.4, 0.5) is 9.93 Å². The Kier molecular flexibility index (Phi) is 5.21. The average molecular weight is 389 g/mol. The normalized spacial score (nSPS) is 10.6. The van der Waals surface area contributed by atoms with E-state index in [4.69, 9.17) is 4.74 Å². The van der Waals surface area contributed by atoms with Gasteiger partial charge in [-0.05, 0) is 23.3 Å². The van der Waals surface area contributed by atoms with Crippen molar-refractivity contribution in [2.24, 2.45) is 0 Å². The standard InChI is InChI=1S/C22H19N3O2S/c1-27-18-13-12-17(16-10-6-3-7-11-16)20-19(18)24-22(28-20)25-21(26)23-14-15-8-4-2-5-9-15/h2-13H,14H2,1H3,(H2,23,24,25,26). The van der Waals surface area contributed by atoms with Crippen LogP contribution in [0.25, 0.3) is 21.3 Å². The first-order chi connectivity index (χ1) is 13.7. The summed E-state index contributed by atoms with van der Waals surface area (Å²) in [6, 6.07) is 23.5. The van der Waals surface area contributed by atoms with Gasteiger partial charge in [0.2, 0.25) is 0 Å². The first kappa shape index (κ1) is 18.0. The molecule has 0 bridgehead atoms. The molecule has 0 saturated heterocycles. The van der Waals surface area contributed by atoms with E-state index in [2.05, 4.69) is 27.8 Å². The van der Waals surface area contributed by atoms with Crippen LogP contribution < -0.4 is 15.4 Å².